The monoisotopic (exact) mass is 345 g/mol. The van der Waals surface area contributed by atoms with Crippen molar-refractivity contribution in [2.24, 2.45) is 10.8 Å². The molecule has 2 bridgehead atoms. The Hall–Kier alpha value is -2.37. The lowest BCUT2D eigenvalue weighted by Crippen LogP contribution is -2.50. The molecule has 0 unspecified atom stereocenters. The zero-order valence-electron chi connectivity index (χ0n) is 15.0. The summed E-state index contributed by atoms with van der Waals surface area (Å²) in [6, 6.07) is 6.46. The molecule has 0 spiro atoms. The largest absolute Gasteiger partial charge is 0.462 e. The first kappa shape index (κ1) is 17.5. The summed E-state index contributed by atoms with van der Waals surface area (Å²) in [5, 5.41) is 2.83. The molecule has 0 aromatic heterocycles. The van der Waals surface area contributed by atoms with Crippen molar-refractivity contribution in [3.05, 3.63) is 29.8 Å². The van der Waals surface area contributed by atoms with Gasteiger partial charge in [-0.15, -0.1) is 0 Å². The predicted molar refractivity (Wildman–Crippen MR) is 91.0 cm³/mol. The average molecular weight is 345 g/mol. The number of carbonyl (C=O) groups is 3. The van der Waals surface area contributed by atoms with Gasteiger partial charge in [-0.05, 0) is 51.0 Å². The molecule has 1 amide bonds. The molecule has 3 rings (SSSR count). The third-order valence-corrected chi connectivity index (χ3v) is 6.10. The second kappa shape index (κ2) is 5.58. The zero-order chi connectivity index (χ0) is 18.5. The van der Waals surface area contributed by atoms with Crippen LogP contribution in [0.2, 0.25) is 0 Å². The molecule has 2 atom stereocenters. The first-order valence-corrected chi connectivity index (χ1v) is 8.50. The molecular weight excluding hydrogens is 322 g/mol. The molecule has 134 valence electrons. The molecule has 1 aromatic carbocycles. The molecule has 1 aromatic rings. The highest BCUT2D eigenvalue weighted by Crippen LogP contribution is 2.65. The van der Waals surface area contributed by atoms with Crippen LogP contribution in [0.15, 0.2) is 24.3 Å². The van der Waals surface area contributed by atoms with E-state index >= 15 is 0 Å². The molecular formula is C19H23NO5. The summed E-state index contributed by atoms with van der Waals surface area (Å²) in [4.78, 5) is 36.9. The maximum Gasteiger partial charge on any atom is 0.338 e. The van der Waals surface area contributed by atoms with E-state index in [1.165, 1.54) is 0 Å². The molecule has 1 N–H and O–H groups in total. The number of ether oxygens (including phenoxy) is 2. The third-order valence-electron chi connectivity index (χ3n) is 6.10. The second-order valence-electron chi connectivity index (χ2n) is 7.43. The van der Waals surface area contributed by atoms with E-state index in [0.29, 0.717) is 30.7 Å². The molecule has 2 aliphatic rings. The van der Waals surface area contributed by atoms with E-state index in [1.54, 1.807) is 31.2 Å². The van der Waals surface area contributed by atoms with Gasteiger partial charge in [0.25, 0.3) is 5.91 Å². The molecule has 2 fully saturated rings. The topological polar surface area (TPSA) is 81.7 Å². The van der Waals surface area contributed by atoms with Crippen LogP contribution < -0.4 is 5.32 Å². The van der Waals surface area contributed by atoms with Crippen LogP contribution >= 0.6 is 0 Å². The summed E-state index contributed by atoms with van der Waals surface area (Å²) in [6.45, 7) is 7.74. The van der Waals surface area contributed by atoms with Crippen LogP contribution in [0.4, 0.5) is 5.69 Å². The van der Waals surface area contributed by atoms with Gasteiger partial charge in [-0.25, -0.2) is 4.79 Å². The first-order chi connectivity index (χ1) is 11.7. The smallest absolute Gasteiger partial charge is 0.338 e. The van der Waals surface area contributed by atoms with Crippen LogP contribution in [0, 0.1) is 10.8 Å². The van der Waals surface area contributed by atoms with Gasteiger partial charge in [0.15, 0.2) is 5.60 Å². The SMILES string of the molecule is CCOC(=O)c1ccc(NC(=O)[C@@]23CC[C@@](C)(C(=O)O2)C3(C)C)cc1. The number of rotatable bonds is 4. The highest BCUT2D eigenvalue weighted by Gasteiger charge is 2.75. The first-order valence-electron chi connectivity index (χ1n) is 8.50. The highest BCUT2D eigenvalue weighted by molar-refractivity contribution is 6.03. The molecule has 25 heavy (non-hydrogen) atoms. The molecule has 1 saturated carbocycles. The van der Waals surface area contributed by atoms with Gasteiger partial charge in [-0.2, -0.15) is 0 Å². The molecule has 6 heteroatoms. The Morgan fingerprint density at radius 2 is 1.80 bits per heavy atom. The Morgan fingerprint density at radius 3 is 2.28 bits per heavy atom. The number of anilines is 1. The molecule has 6 nitrogen and oxygen atoms in total. The van der Waals surface area contributed by atoms with E-state index in [-0.39, 0.29) is 11.9 Å². The minimum atomic E-state index is -1.15. The number of hydrogen-bond acceptors (Lipinski definition) is 5. The molecule has 1 aliphatic carbocycles. The lowest BCUT2D eigenvalue weighted by atomic mass is 9.66. The number of fused-ring (bicyclic) bond motifs is 2. The normalized spacial score (nSPS) is 29.2. The number of nitrogens with one attached hydrogen (secondary N) is 1. The fourth-order valence-corrected chi connectivity index (χ4v) is 3.88. The van der Waals surface area contributed by atoms with Crippen LogP contribution in [0.3, 0.4) is 0 Å². The van der Waals surface area contributed by atoms with Crippen molar-refractivity contribution in [2.45, 2.75) is 46.1 Å². The van der Waals surface area contributed by atoms with E-state index in [2.05, 4.69) is 5.32 Å². The van der Waals surface area contributed by atoms with E-state index in [9.17, 15) is 14.4 Å². The maximum atomic E-state index is 12.9. The van der Waals surface area contributed by atoms with Gasteiger partial charge in [-0.1, -0.05) is 13.8 Å². The van der Waals surface area contributed by atoms with Gasteiger partial charge in [0.2, 0.25) is 0 Å². The Kier molecular flexibility index (Phi) is 3.89. The number of benzene rings is 1. The Morgan fingerprint density at radius 1 is 1.16 bits per heavy atom. The van der Waals surface area contributed by atoms with Crippen molar-refractivity contribution in [1.29, 1.82) is 0 Å². The van der Waals surface area contributed by atoms with E-state index in [1.807, 2.05) is 20.8 Å². The Bertz CT molecular complexity index is 739. The number of carbonyl (C=O) groups excluding carboxylic acids is 3. The van der Waals surface area contributed by atoms with Crippen LogP contribution in [0.1, 0.15) is 50.9 Å². The number of esters is 2. The van der Waals surface area contributed by atoms with Crippen LogP contribution in [-0.2, 0) is 19.1 Å². The molecule has 1 heterocycles. The molecule has 0 radical (unpaired) electrons. The van der Waals surface area contributed by atoms with Gasteiger partial charge in [-0.3, -0.25) is 9.59 Å². The van der Waals surface area contributed by atoms with Crippen LogP contribution in [0.25, 0.3) is 0 Å². The standard InChI is InChI=1S/C19H23NO5/c1-5-24-14(21)12-6-8-13(9-7-12)20-15(22)19-11-10-18(4,16(23)25-19)17(19,2)3/h6-9H,5,10-11H2,1-4H3,(H,20,22)/t18-,19+/m0/s1. The Balaban J connectivity index is 1.79. The van der Waals surface area contributed by atoms with Crippen molar-refractivity contribution in [3.63, 3.8) is 0 Å². The zero-order valence-corrected chi connectivity index (χ0v) is 15.0. The summed E-state index contributed by atoms with van der Waals surface area (Å²) >= 11 is 0. The lowest BCUT2D eigenvalue weighted by Gasteiger charge is -2.35. The summed E-state index contributed by atoms with van der Waals surface area (Å²) in [5.41, 5.74) is -1.43. The summed E-state index contributed by atoms with van der Waals surface area (Å²) in [6.07, 6.45) is 1.14. The average Bonchev–Trinajstić information content (AvgIpc) is 2.86. The number of amides is 1. The predicted octanol–water partition coefficient (Wildman–Crippen LogP) is 2.92. The van der Waals surface area contributed by atoms with Crippen molar-refractivity contribution in [3.8, 4) is 0 Å². The van der Waals surface area contributed by atoms with Gasteiger partial charge in [0.05, 0.1) is 17.6 Å². The second-order valence-corrected chi connectivity index (χ2v) is 7.43. The number of hydrogen-bond donors (Lipinski definition) is 1. The van der Waals surface area contributed by atoms with E-state index < -0.39 is 22.4 Å². The third kappa shape index (κ3) is 2.27. The van der Waals surface area contributed by atoms with Gasteiger partial charge in [0.1, 0.15) is 0 Å². The fraction of sp³-hybridized carbons (Fsp3) is 0.526. The molecule has 1 saturated heterocycles. The fourth-order valence-electron chi connectivity index (χ4n) is 3.88. The van der Waals surface area contributed by atoms with Crippen LogP contribution in [-0.4, -0.2) is 30.1 Å². The summed E-state index contributed by atoms with van der Waals surface area (Å²) in [7, 11) is 0. The minimum Gasteiger partial charge on any atom is -0.462 e. The van der Waals surface area contributed by atoms with Crippen molar-refractivity contribution in [2.75, 3.05) is 11.9 Å². The summed E-state index contributed by atoms with van der Waals surface area (Å²) in [5.74, 6) is -1.04. The van der Waals surface area contributed by atoms with Crippen molar-refractivity contribution >= 4 is 23.5 Å². The highest BCUT2D eigenvalue weighted by atomic mass is 16.6. The quantitative estimate of drug-likeness (QED) is 0.849. The minimum absolute atomic E-state index is 0.305. The summed E-state index contributed by atoms with van der Waals surface area (Å²) < 4.78 is 10.5. The van der Waals surface area contributed by atoms with E-state index in [4.69, 9.17) is 9.47 Å². The maximum absolute atomic E-state index is 12.9. The van der Waals surface area contributed by atoms with Crippen LogP contribution in [0.5, 0.6) is 0 Å². The van der Waals surface area contributed by atoms with Crippen molar-refractivity contribution < 1.29 is 23.9 Å². The Labute approximate surface area is 146 Å². The van der Waals surface area contributed by atoms with Gasteiger partial charge in [0, 0.05) is 11.1 Å². The van der Waals surface area contributed by atoms with Crippen molar-refractivity contribution in [1.82, 2.24) is 0 Å². The van der Waals surface area contributed by atoms with Gasteiger partial charge >= 0.3 is 11.9 Å². The lowest BCUT2D eigenvalue weighted by molar-refractivity contribution is -0.165. The van der Waals surface area contributed by atoms with Gasteiger partial charge < -0.3 is 14.8 Å². The molecule has 1 aliphatic heterocycles. The van der Waals surface area contributed by atoms with E-state index in [0.717, 1.165) is 0 Å².